The largest absolute Gasteiger partial charge is 0.481 e. The Morgan fingerprint density at radius 1 is 1.03 bits per heavy atom. The van der Waals surface area contributed by atoms with Crippen molar-refractivity contribution in [3.8, 4) is 11.1 Å². The van der Waals surface area contributed by atoms with Gasteiger partial charge in [-0.25, -0.2) is 0 Å². The van der Waals surface area contributed by atoms with Gasteiger partial charge >= 0.3 is 5.97 Å². The Labute approximate surface area is 207 Å². The van der Waals surface area contributed by atoms with E-state index in [9.17, 15) is 9.59 Å². The van der Waals surface area contributed by atoms with Crippen LogP contribution < -0.4 is 0 Å². The minimum Gasteiger partial charge on any atom is -0.481 e. The maximum atomic E-state index is 13.1. The Morgan fingerprint density at radius 3 is 2.46 bits per heavy atom. The van der Waals surface area contributed by atoms with Crippen molar-refractivity contribution in [1.82, 2.24) is 4.90 Å². The number of allylic oxidation sites excluding steroid dienone is 2. The predicted molar refractivity (Wildman–Crippen MR) is 135 cm³/mol. The number of carboxylic acid groups (broad SMARTS) is 1. The third-order valence-electron chi connectivity index (χ3n) is 6.92. The second kappa shape index (κ2) is 12.8. The van der Waals surface area contributed by atoms with Crippen LogP contribution in [0.2, 0.25) is 0 Å². The van der Waals surface area contributed by atoms with Gasteiger partial charge in [0.15, 0.2) is 5.78 Å². The topological polar surface area (TPSA) is 76.1 Å². The average molecular weight is 478 g/mol. The van der Waals surface area contributed by atoms with Crippen LogP contribution in [0.15, 0.2) is 66.7 Å². The number of aliphatic carboxylic acids is 1. The number of Topliss-reactive ketones (excluding diaryl/α,β-unsaturated/α-hetero) is 1. The van der Waals surface area contributed by atoms with E-state index in [1.54, 1.807) is 0 Å². The summed E-state index contributed by atoms with van der Waals surface area (Å²) in [6, 6.07) is 18.6. The first-order valence-electron chi connectivity index (χ1n) is 12.6. The number of carbonyl (C=O) groups is 2. The van der Waals surface area contributed by atoms with Crippen molar-refractivity contribution in [1.29, 1.82) is 0 Å². The molecule has 2 aromatic carbocycles. The van der Waals surface area contributed by atoms with Crippen molar-refractivity contribution in [2.24, 2.45) is 5.92 Å². The summed E-state index contributed by atoms with van der Waals surface area (Å²) in [6.07, 6.45) is 6.73. The molecule has 0 spiro atoms. The third kappa shape index (κ3) is 7.10. The summed E-state index contributed by atoms with van der Waals surface area (Å²) in [5.41, 5.74) is 3.45. The maximum absolute atomic E-state index is 13.1. The fourth-order valence-corrected chi connectivity index (χ4v) is 5.08. The molecule has 0 aromatic heterocycles. The molecule has 1 heterocycles. The van der Waals surface area contributed by atoms with Crippen molar-refractivity contribution in [2.75, 3.05) is 26.3 Å². The summed E-state index contributed by atoms with van der Waals surface area (Å²) < 4.78 is 11.9. The first kappa shape index (κ1) is 25.3. The molecule has 1 unspecified atom stereocenters. The molecule has 3 atom stereocenters. The SMILES string of the molecule is O=C(O)CCC/C=C\C[C@@H]1C(N2CCOCC2)C(=O)C[C@@H]1OCc1ccc(-c2ccccc2)cc1. The average Bonchev–Trinajstić information content (AvgIpc) is 3.20. The van der Waals surface area contributed by atoms with Gasteiger partial charge in [0.25, 0.3) is 0 Å². The molecule has 4 rings (SSSR count). The number of unbranched alkanes of at least 4 members (excludes halogenated alkanes) is 1. The molecular formula is C29H35NO5. The van der Waals surface area contributed by atoms with Crippen molar-refractivity contribution in [3.63, 3.8) is 0 Å². The monoisotopic (exact) mass is 477 g/mol. The van der Waals surface area contributed by atoms with Gasteiger partial charge in [0.05, 0.1) is 32.0 Å². The van der Waals surface area contributed by atoms with Gasteiger partial charge in [0, 0.05) is 31.8 Å². The van der Waals surface area contributed by atoms with Crippen LogP contribution in [0.1, 0.15) is 37.7 Å². The molecule has 1 N–H and O–H groups in total. The third-order valence-corrected chi connectivity index (χ3v) is 6.92. The molecule has 0 bridgehead atoms. The molecule has 1 saturated heterocycles. The van der Waals surface area contributed by atoms with Crippen molar-refractivity contribution in [2.45, 2.75) is 50.9 Å². The Bertz CT molecular complexity index is 982. The van der Waals surface area contributed by atoms with Crippen LogP contribution in [-0.4, -0.2) is 60.2 Å². The van der Waals surface area contributed by atoms with Crippen molar-refractivity contribution in [3.05, 3.63) is 72.3 Å². The molecule has 0 amide bonds. The summed E-state index contributed by atoms with van der Waals surface area (Å²) >= 11 is 0. The van der Waals surface area contributed by atoms with Crippen molar-refractivity contribution >= 4 is 11.8 Å². The minimum absolute atomic E-state index is 0.0833. The molecule has 186 valence electrons. The lowest BCUT2D eigenvalue weighted by Gasteiger charge is -2.35. The Balaban J connectivity index is 1.38. The van der Waals surface area contributed by atoms with Crippen LogP contribution in [0.4, 0.5) is 0 Å². The first-order valence-corrected chi connectivity index (χ1v) is 12.6. The van der Waals surface area contributed by atoms with Gasteiger partial charge in [-0.15, -0.1) is 0 Å². The highest BCUT2D eigenvalue weighted by Crippen LogP contribution is 2.34. The number of carboxylic acids is 1. The molecule has 1 saturated carbocycles. The van der Waals surface area contributed by atoms with E-state index in [0.29, 0.717) is 32.7 Å². The lowest BCUT2D eigenvalue weighted by Crippen LogP contribution is -2.49. The number of ether oxygens (including phenoxy) is 2. The van der Waals surface area contributed by atoms with E-state index in [0.717, 1.165) is 31.5 Å². The zero-order chi connectivity index (χ0) is 24.5. The normalized spacial score (nSPS) is 23.2. The maximum Gasteiger partial charge on any atom is 0.303 e. The van der Waals surface area contributed by atoms with Crippen molar-refractivity contribution < 1.29 is 24.2 Å². The number of benzene rings is 2. The van der Waals surface area contributed by atoms with E-state index in [4.69, 9.17) is 14.6 Å². The zero-order valence-corrected chi connectivity index (χ0v) is 20.2. The van der Waals surface area contributed by atoms with E-state index >= 15 is 0 Å². The molecule has 6 nitrogen and oxygen atoms in total. The van der Waals surface area contributed by atoms with Crippen LogP contribution in [0.5, 0.6) is 0 Å². The fraction of sp³-hybridized carbons (Fsp3) is 0.448. The molecule has 2 fully saturated rings. The standard InChI is InChI=1S/C29H35NO5/c31-26-20-27(35-21-22-12-14-24(15-13-22)23-8-4-3-5-9-23)25(10-6-1-2-7-11-28(32)33)29(26)30-16-18-34-19-17-30/h1,3-6,8-9,12-15,25,27,29H,2,7,10-11,16-21H2,(H,32,33)/b6-1-/t25-,27-,29?/m0/s1. The van der Waals surface area contributed by atoms with Gasteiger partial charge in [0.1, 0.15) is 0 Å². The molecule has 0 radical (unpaired) electrons. The number of morpholine rings is 1. The van der Waals surface area contributed by atoms with Crippen LogP contribution in [0.25, 0.3) is 11.1 Å². The molecule has 35 heavy (non-hydrogen) atoms. The van der Waals surface area contributed by atoms with Crippen LogP contribution in [-0.2, 0) is 25.7 Å². The van der Waals surface area contributed by atoms with E-state index in [1.165, 1.54) is 11.1 Å². The predicted octanol–water partition coefficient (Wildman–Crippen LogP) is 4.73. The first-order chi connectivity index (χ1) is 17.1. The quantitative estimate of drug-likeness (QED) is 0.373. The molecule has 2 aliphatic rings. The van der Waals surface area contributed by atoms with Gasteiger partial charge < -0.3 is 14.6 Å². The fourth-order valence-electron chi connectivity index (χ4n) is 5.08. The van der Waals surface area contributed by atoms with E-state index in [1.807, 2.05) is 24.3 Å². The van der Waals surface area contributed by atoms with Gasteiger partial charge in [-0.05, 0) is 36.0 Å². The van der Waals surface area contributed by atoms with E-state index in [-0.39, 0.29) is 30.3 Å². The molecule has 6 heteroatoms. The summed E-state index contributed by atoms with van der Waals surface area (Å²) in [6.45, 7) is 3.31. The second-order valence-electron chi connectivity index (χ2n) is 9.33. The van der Waals surface area contributed by atoms with Crippen LogP contribution >= 0.6 is 0 Å². The number of carbonyl (C=O) groups excluding carboxylic acids is 1. The highest BCUT2D eigenvalue weighted by molar-refractivity contribution is 5.87. The number of nitrogens with zero attached hydrogens (tertiary/aromatic N) is 1. The van der Waals surface area contributed by atoms with Gasteiger partial charge in [0.2, 0.25) is 0 Å². The number of rotatable bonds is 11. The van der Waals surface area contributed by atoms with Crippen LogP contribution in [0.3, 0.4) is 0 Å². The van der Waals surface area contributed by atoms with Gasteiger partial charge in [-0.1, -0.05) is 66.7 Å². The molecule has 2 aromatic rings. The van der Waals surface area contributed by atoms with E-state index < -0.39 is 5.97 Å². The van der Waals surface area contributed by atoms with Gasteiger partial charge in [-0.3, -0.25) is 14.5 Å². The number of hydrogen-bond acceptors (Lipinski definition) is 5. The molecular weight excluding hydrogens is 442 g/mol. The molecule has 1 aliphatic heterocycles. The highest BCUT2D eigenvalue weighted by Gasteiger charge is 2.45. The number of hydrogen-bond donors (Lipinski definition) is 1. The Kier molecular flexibility index (Phi) is 9.23. The van der Waals surface area contributed by atoms with Gasteiger partial charge in [-0.2, -0.15) is 0 Å². The minimum atomic E-state index is -0.766. The highest BCUT2D eigenvalue weighted by atomic mass is 16.5. The van der Waals surface area contributed by atoms with E-state index in [2.05, 4.69) is 47.4 Å². The smallest absolute Gasteiger partial charge is 0.303 e. The summed E-state index contributed by atoms with van der Waals surface area (Å²) in [5.74, 6) is -0.432. The number of ketones is 1. The lowest BCUT2D eigenvalue weighted by molar-refractivity contribution is -0.137. The summed E-state index contributed by atoms with van der Waals surface area (Å²) in [5, 5.41) is 8.82. The lowest BCUT2D eigenvalue weighted by atomic mass is 9.95. The van der Waals surface area contributed by atoms with Crippen LogP contribution in [0, 0.1) is 5.92 Å². The second-order valence-corrected chi connectivity index (χ2v) is 9.33. The molecule has 1 aliphatic carbocycles. The Hall–Kier alpha value is -2.80. The summed E-state index contributed by atoms with van der Waals surface area (Å²) in [7, 11) is 0. The zero-order valence-electron chi connectivity index (χ0n) is 20.2. The summed E-state index contributed by atoms with van der Waals surface area (Å²) in [4.78, 5) is 26.0. The Morgan fingerprint density at radius 2 is 1.74 bits per heavy atom.